The maximum Gasteiger partial charge on any atom is 0.253 e. The second-order valence-corrected chi connectivity index (χ2v) is 11.4. The van der Waals surface area contributed by atoms with Crippen LogP contribution < -0.4 is 5.32 Å². The summed E-state index contributed by atoms with van der Waals surface area (Å²) in [6.45, 7) is 7.29. The van der Waals surface area contributed by atoms with Gasteiger partial charge in [-0.3, -0.25) is 14.5 Å². The van der Waals surface area contributed by atoms with E-state index < -0.39 is 35.8 Å². The molecular formula is C35H45F2N3O5. The molecule has 3 aromatic carbocycles. The number of aryl methyl sites for hydroxylation is 1. The SMILES string of the molecule is CCCN(CCC)C(=O)c1cc(C)cc(C(=O)N[C@@H](Cc2cc(F)cc(F)c2)[C@H](O)[C@H](O)CN(CCO)Cc2ccccc2)c1. The average Bonchev–Trinajstić information content (AvgIpc) is 2.99. The van der Waals surface area contributed by atoms with E-state index in [1.807, 2.05) is 44.2 Å². The summed E-state index contributed by atoms with van der Waals surface area (Å²) in [5.74, 6) is -2.43. The Balaban J connectivity index is 1.87. The Morgan fingerprint density at radius 2 is 1.47 bits per heavy atom. The molecule has 0 heterocycles. The van der Waals surface area contributed by atoms with E-state index in [9.17, 15) is 33.7 Å². The van der Waals surface area contributed by atoms with Crippen molar-refractivity contribution in [2.24, 2.45) is 0 Å². The highest BCUT2D eigenvalue weighted by Crippen LogP contribution is 2.18. The first-order valence-corrected chi connectivity index (χ1v) is 15.4. The number of benzene rings is 3. The molecule has 8 nitrogen and oxygen atoms in total. The minimum Gasteiger partial charge on any atom is -0.395 e. The highest BCUT2D eigenvalue weighted by Gasteiger charge is 2.30. The molecule has 2 amide bonds. The van der Waals surface area contributed by atoms with Crippen LogP contribution >= 0.6 is 0 Å². The number of aliphatic hydroxyl groups excluding tert-OH is 3. The number of rotatable bonds is 17. The molecule has 45 heavy (non-hydrogen) atoms. The first-order chi connectivity index (χ1) is 21.5. The van der Waals surface area contributed by atoms with Gasteiger partial charge in [0.15, 0.2) is 0 Å². The Kier molecular flexibility index (Phi) is 14.1. The van der Waals surface area contributed by atoms with E-state index in [0.717, 1.165) is 36.6 Å². The fourth-order valence-corrected chi connectivity index (χ4v) is 5.43. The van der Waals surface area contributed by atoms with E-state index in [-0.39, 0.29) is 43.2 Å². The standard InChI is InChI=1S/C35H45F2N3O5/c1-4-11-40(12-5-2)35(45)28-16-24(3)15-27(20-28)34(44)38-31(19-26-17-29(36)21-30(37)18-26)33(43)32(42)23-39(13-14-41)22-25-9-7-6-8-10-25/h6-10,15-18,20-21,31-33,41-43H,4-5,11-14,19,22-23H2,1-3H3,(H,38,44)/t31-,32+,33-/m0/s1. The Morgan fingerprint density at radius 1 is 0.844 bits per heavy atom. The lowest BCUT2D eigenvalue weighted by molar-refractivity contribution is -0.0237. The number of carbonyl (C=O) groups excluding carboxylic acids is 2. The molecule has 0 saturated carbocycles. The molecule has 3 atom stereocenters. The van der Waals surface area contributed by atoms with Crippen LogP contribution in [0.25, 0.3) is 0 Å². The number of nitrogens with one attached hydrogen (secondary N) is 1. The molecule has 0 bridgehead atoms. The Labute approximate surface area is 264 Å². The smallest absolute Gasteiger partial charge is 0.253 e. The summed E-state index contributed by atoms with van der Waals surface area (Å²) in [6.07, 6.45) is -1.55. The first-order valence-electron chi connectivity index (χ1n) is 15.4. The van der Waals surface area contributed by atoms with Crippen LogP contribution in [-0.4, -0.2) is 88.0 Å². The lowest BCUT2D eigenvalue weighted by Crippen LogP contribution is -2.52. The van der Waals surface area contributed by atoms with Crippen molar-refractivity contribution in [2.45, 2.75) is 64.8 Å². The van der Waals surface area contributed by atoms with Gasteiger partial charge in [0.25, 0.3) is 11.8 Å². The van der Waals surface area contributed by atoms with Crippen molar-refractivity contribution in [1.82, 2.24) is 15.1 Å². The molecule has 3 rings (SSSR count). The molecular weight excluding hydrogens is 580 g/mol. The molecule has 0 aliphatic rings. The van der Waals surface area contributed by atoms with E-state index in [1.165, 1.54) is 6.07 Å². The molecule has 0 aliphatic carbocycles. The van der Waals surface area contributed by atoms with Gasteiger partial charge in [0, 0.05) is 49.9 Å². The number of nitrogens with zero attached hydrogens (tertiary/aromatic N) is 2. The summed E-state index contributed by atoms with van der Waals surface area (Å²) in [5.41, 5.74) is 2.33. The van der Waals surface area contributed by atoms with Crippen LogP contribution in [0.2, 0.25) is 0 Å². The topological polar surface area (TPSA) is 113 Å². The molecule has 10 heteroatoms. The summed E-state index contributed by atoms with van der Waals surface area (Å²) in [6, 6.07) is 16.0. The zero-order valence-corrected chi connectivity index (χ0v) is 26.3. The summed E-state index contributed by atoms with van der Waals surface area (Å²) >= 11 is 0. The van der Waals surface area contributed by atoms with Crippen molar-refractivity contribution in [3.8, 4) is 0 Å². The maximum absolute atomic E-state index is 14.1. The largest absolute Gasteiger partial charge is 0.395 e. The molecule has 244 valence electrons. The third kappa shape index (κ3) is 11.0. The van der Waals surface area contributed by atoms with Crippen LogP contribution in [0, 0.1) is 18.6 Å². The summed E-state index contributed by atoms with van der Waals surface area (Å²) < 4.78 is 28.1. The van der Waals surface area contributed by atoms with Gasteiger partial charge < -0.3 is 25.5 Å². The van der Waals surface area contributed by atoms with Crippen molar-refractivity contribution < 1.29 is 33.7 Å². The van der Waals surface area contributed by atoms with Gasteiger partial charge >= 0.3 is 0 Å². The lowest BCUT2D eigenvalue weighted by atomic mass is 9.96. The van der Waals surface area contributed by atoms with Gasteiger partial charge in [0.1, 0.15) is 17.7 Å². The molecule has 0 unspecified atom stereocenters. The zero-order valence-electron chi connectivity index (χ0n) is 26.3. The Morgan fingerprint density at radius 3 is 2.07 bits per heavy atom. The van der Waals surface area contributed by atoms with Gasteiger partial charge in [0.2, 0.25) is 0 Å². The second kappa shape index (κ2) is 17.7. The highest BCUT2D eigenvalue weighted by molar-refractivity contribution is 6.00. The van der Waals surface area contributed by atoms with Crippen LogP contribution in [0.1, 0.15) is 64.1 Å². The third-order valence-corrected chi connectivity index (χ3v) is 7.47. The average molecular weight is 626 g/mol. The van der Waals surface area contributed by atoms with Crippen molar-refractivity contribution in [3.05, 3.63) is 106 Å². The van der Waals surface area contributed by atoms with E-state index in [1.54, 1.807) is 28.9 Å². The number of halogens is 2. The monoisotopic (exact) mass is 625 g/mol. The maximum atomic E-state index is 14.1. The number of amides is 2. The minimum atomic E-state index is -1.55. The number of carbonyl (C=O) groups is 2. The van der Waals surface area contributed by atoms with Crippen LogP contribution in [0.5, 0.6) is 0 Å². The van der Waals surface area contributed by atoms with Gasteiger partial charge in [-0.15, -0.1) is 0 Å². The third-order valence-electron chi connectivity index (χ3n) is 7.47. The second-order valence-electron chi connectivity index (χ2n) is 11.4. The molecule has 0 radical (unpaired) electrons. The van der Waals surface area contributed by atoms with Crippen LogP contribution in [-0.2, 0) is 13.0 Å². The fraction of sp³-hybridized carbons (Fsp3) is 0.429. The molecule has 4 N–H and O–H groups in total. The Hall–Kier alpha value is -3.70. The molecule has 3 aromatic rings. The normalized spacial score (nSPS) is 13.4. The minimum absolute atomic E-state index is 0.0473. The lowest BCUT2D eigenvalue weighted by Gasteiger charge is -2.31. The van der Waals surface area contributed by atoms with Crippen LogP contribution in [0.4, 0.5) is 8.78 Å². The molecule has 0 fully saturated rings. The quantitative estimate of drug-likeness (QED) is 0.180. The van der Waals surface area contributed by atoms with E-state index in [2.05, 4.69) is 5.32 Å². The van der Waals surface area contributed by atoms with Crippen molar-refractivity contribution in [2.75, 3.05) is 32.8 Å². The molecule has 0 aliphatic heterocycles. The summed E-state index contributed by atoms with van der Waals surface area (Å²) in [4.78, 5) is 30.4. The van der Waals surface area contributed by atoms with Crippen molar-refractivity contribution in [1.29, 1.82) is 0 Å². The van der Waals surface area contributed by atoms with Crippen LogP contribution in [0.3, 0.4) is 0 Å². The molecule has 0 aromatic heterocycles. The predicted octanol–water partition coefficient (Wildman–Crippen LogP) is 4.09. The van der Waals surface area contributed by atoms with E-state index in [0.29, 0.717) is 30.8 Å². The fourth-order valence-electron chi connectivity index (χ4n) is 5.43. The van der Waals surface area contributed by atoms with E-state index >= 15 is 0 Å². The van der Waals surface area contributed by atoms with E-state index in [4.69, 9.17) is 0 Å². The van der Waals surface area contributed by atoms with Gasteiger partial charge in [-0.1, -0.05) is 44.2 Å². The number of hydrogen-bond donors (Lipinski definition) is 4. The van der Waals surface area contributed by atoms with Crippen molar-refractivity contribution in [3.63, 3.8) is 0 Å². The highest BCUT2D eigenvalue weighted by atomic mass is 19.1. The van der Waals surface area contributed by atoms with Gasteiger partial charge in [-0.2, -0.15) is 0 Å². The zero-order chi connectivity index (χ0) is 32.9. The summed E-state index contributed by atoms with van der Waals surface area (Å²) in [7, 11) is 0. The first kappa shape index (κ1) is 35.8. The summed E-state index contributed by atoms with van der Waals surface area (Å²) in [5, 5.41) is 34.8. The number of aliphatic hydroxyl groups is 3. The predicted molar refractivity (Wildman–Crippen MR) is 170 cm³/mol. The van der Waals surface area contributed by atoms with Crippen molar-refractivity contribution >= 4 is 11.8 Å². The molecule has 0 saturated heterocycles. The van der Waals surface area contributed by atoms with Gasteiger partial charge in [0.05, 0.1) is 18.8 Å². The van der Waals surface area contributed by atoms with Gasteiger partial charge in [-0.05, 0) is 73.2 Å². The van der Waals surface area contributed by atoms with Gasteiger partial charge in [-0.25, -0.2) is 8.78 Å². The van der Waals surface area contributed by atoms with Crippen LogP contribution in [0.15, 0.2) is 66.7 Å². The Bertz CT molecular complexity index is 1360. The number of hydrogen-bond acceptors (Lipinski definition) is 6. The molecule has 0 spiro atoms.